The molecule has 2 aromatic carbocycles. The van der Waals surface area contributed by atoms with E-state index in [0.29, 0.717) is 23.8 Å². The molecular formula is C22H23N3O4S2. The topological polar surface area (TPSA) is 88.6 Å². The lowest BCUT2D eigenvalue weighted by Gasteiger charge is -2.25. The van der Waals surface area contributed by atoms with Crippen LogP contribution < -0.4 is 10.1 Å². The van der Waals surface area contributed by atoms with Crippen LogP contribution in [0.5, 0.6) is 5.75 Å². The molecule has 0 radical (unpaired) electrons. The molecule has 0 bridgehead atoms. The molecule has 1 N–H and O–H groups in total. The highest BCUT2D eigenvalue weighted by molar-refractivity contribution is 7.89. The zero-order valence-electron chi connectivity index (χ0n) is 17.1. The fraction of sp³-hybridized carbons (Fsp3) is 0.273. The second-order valence-corrected chi connectivity index (χ2v) is 10.0. The predicted molar refractivity (Wildman–Crippen MR) is 121 cm³/mol. The Morgan fingerprint density at radius 1 is 1.03 bits per heavy atom. The lowest BCUT2D eigenvalue weighted by Crippen LogP contribution is -2.35. The number of nitrogens with zero attached hydrogens (tertiary/aromatic N) is 2. The van der Waals surface area contributed by atoms with E-state index in [1.54, 1.807) is 7.11 Å². The second kappa shape index (κ2) is 9.17. The Bertz CT molecular complexity index is 1150. The number of methoxy groups -OCH3 is 1. The summed E-state index contributed by atoms with van der Waals surface area (Å²) in [6.45, 7) is 1.09. The predicted octanol–water partition coefficient (Wildman–Crippen LogP) is 4.25. The molecule has 1 aromatic heterocycles. The Morgan fingerprint density at radius 2 is 1.71 bits per heavy atom. The van der Waals surface area contributed by atoms with Gasteiger partial charge in [0.05, 0.1) is 17.7 Å². The van der Waals surface area contributed by atoms with Crippen molar-refractivity contribution in [2.24, 2.45) is 0 Å². The van der Waals surface area contributed by atoms with Crippen LogP contribution in [0, 0.1) is 0 Å². The van der Waals surface area contributed by atoms with Crippen molar-refractivity contribution in [3.63, 3.8) is 0 Å². The highest BCUT2D eigenvalue weighted by atomic mass is 32.2. The van der Waals surface area contributed by atoms with E-state index >= 15 is 0 Å². The number of anilines is 1. The van der Waals surface area contributed by atoms with Crippen LogP contribution in [-0.4, -0.2) is 43.8 Å². The number of aromatic nitrogens is 1. The molecule has 31 heavy (non-hydrogen) atoms. The highest BCUT2D eigenvalue weighted by Gasteiger charge is 2.26. The first kappa shape index (κ1) is 21.5. The molecule has 9 heteroatoms. The molecule has 0 unspecified atom stereocenters. The van der Waals surface area contributed by atoms with Gasteiger partial charge in [-0.1, -0.05) is 6.42 Å². The quantitative estimate of drug-likeness (QED) is 0.598. The summed E-state index contributed by atoms with van der Waals surface area (Å²) < 4.78 is 32.2. The molecule has 7 nitrogen and oxygen atoms in total. The summed E-state index contributed by atoms with van der Waals surface area (Å²) in [6.07, 6.45) is 2.82. The molecule has 0 aliphatic carbocycles. The van der Waals surface area contributed by atoms with Crippen LogP contribution in [0.3, 0.4) is 0 Å². The van der Waals surface area contributed by atoms with E-state index < -0.39 is 10.0 Å². The van der Waals surface area contributed by atoms with Crippen LogP contribution in [0.15, 0.2) is 58.8 Å². The Balaban J connectivity index is 1.43. The molecule has 1 aliphatic heterocycles. The van der Waals surface area contributed by atoms with Gasteiger partial charge in [0, 0.05) is 29.6 Å². The number of nitrogens with one attached hydrogen (secondary N) is 1. The number of carbonyl (C=O) groups is 1. The molecule has 1 fully saturated rings. The number of rotatable bonds is 6. The molecule has 162 valence electrons. The summed E-state index contributed by atoms with van der Waals surface area (Å²) in [7, 11) is -1.90. The second-order valence-electron chi connectivity index (χ2n) is 7.21. The maximum atomic E-state index is 12.7. The van der Waals surface area contributed by atoms with Crippen LogP contribution in [0.4, 0.5) is 5.13 Å². The van der Waals surface area contributed by atoms with Gasteiger partial charge in [-0.05, 0) is 61.4 Å². The summed E-state index contributed by atoms with van der Waals surface area (Å²) in [5.74, 6) is 0.427. The fourth-order valence-corrected chi connectivity index (χ4v) is 5.66. The van der Waals surface area contributed by atoms with Gasteiger partial charge < -0.3 is 4.74 Å². The van der Waals surface area contributed by atoms with Crippen LogP contribution in [0.1, 0.15) is 29.6 Å². The van der Waals surface area contributed by atoms with Crippen molar-refractivity contribution < 1.29 is 17.9 Å². The van der Waals surface area contributed by atoms with Gasteiger partial charge in [-0.15, -0.1) is 11.3 Å². The molecule has 2 heterocycles. The van der Waals surface area contributed by atoms with E-state index in [9.17, 15) is 13.2 Å². The van der Waals surface area contributed by atoms with Crippen molar-refractivity contribution >= 4 is 32.4 Å². The standard InChI is InChI=1S/C22H23N3O4S2/c1-29-18-9-5-16(6-10-18)20-15-30-22(23-20)24-21(26)17-7-11-19(12-8-17)31(27,28)25-13-3-2-4-14-25/h5-12,15H,2-4,13-14H2,1H3,(H,23,24,26). The van der Waals surface area contributed by atoms with Gasteiger partial charge in [0.25, 0.3) is 5.91 Å². The zero-order valence-corrected chi connectivity index (χ0v) is 18.7. The molecule has 3 aromatic rings. The molecule has 0 atom stereocenters. The van der Waals surface area contributed by atoms with Gasteiger partial charge >= 0.3 is 0 Å². The Labute approximate surface area is 185 Å². The smallest absolute Gasteiger partial charge is 0.257 e. The number of hydrogen-bond donors (Lipinski definition) is 1. The highest BCUT2D eigenvalue weighted by Crippen LogP contribution is 2.27. The fourth-order valence-electron chi connectivity index (χ4n) is 3.43. The number of piperidine rings is 1. The normalized spacial score (nSPS) is 14.9. The number of carbonyl (C=O) groups excluding carboxylic acids is 1. The van der Waals surface area contributed by atoms with Crippen LogP contribution in [0.25, 0.3) is 11.3 Å². The van der Waals surface area contributed by atoms with Crippen molar-refractivity contribution in [3.05, 3.63) is 59.5 Å². The van der Waals surface area contributed by atoms with Gasteiger partial charge in [-0.2, -0.15) is 4.31 Å². The van der Waals surface area contributed by atoms with E-state index in [0.717, 1.165) is 36.3 Å². The number of hydrogen-bond acceptors (Lipinski definition) is 6. The first-order chi connectivity index (χ1) is 15.0. The summed E-state index contributed by atoms with van der Waals surface area (Å²) >= 11 is 1.33. The third kappa shape index (κ3) is 4.79. The molecular weight excluding hydrogens is 434 g/mol. The minimum Gasteiger partial charge on any atom is -0.497 e. The molecule has 4 rings (SSSR count). The lowest BCUT2D eigenvalue weighted by atomic mass is 10.2. The molecule has 1 amide bonds. The SMILES string of the molecule is COc1ccc(-c2csc(NC(=O)c3ccc(S(=O)(=O)N4CCCCC4)cc3)n2)cc1. The van der Waals surface area contributed by atoms with Crippen molar-refractivity contribution in [3.8, 4) is 17.0 Å². The van der Waals surface area contributed by atoms with Gasteiger partial charge in [0.2, 0.25) is 10.0 Å². The average molecular weight is 458 g/mol. The Hall–Kier alpha value is -2.75. The molecule has 1 aliphatic rings. The molecule has 0 saturated carbocycles. The van der Waals surface area contributed by atoms with Crippen molar-refractivity contribution in [2.45, 2.75) is 24.2 Å². The first-order valence-corrected chi connectivity index (χ1v) is 12.3. The Morgan fingerprint density at radius 3 is 2.35 bits per heavy atom. The van der Waals surface area contributed by atoms with Crippen LogP contribution in [-0.2, 0) is 10.0 Å². The van der Waals surface area contributed by atoms with Crippen molar-refractivity contribution in [1.82, 2.24) is 9.29 Å². The largest absolute Gasteiger partial charge is 0.497 e. The third-order valence-corrected chi connectivity index (χ3v) is 7.85. The first-order valence-electron chi connectivity index (χ1n) is 9.99. The van der Waals surface area contributed by atoms with Gasteiger partial charge in [0.1, 0.15) is 5.75 Å². The number of ether oxygens (including phenoxy) is 1. The number of sulfonamides is 1. The van der Waals surface area contributed by atoms with E-state index in [4.69, 9.17) is 4.74 Å². The lowest BCUT2D eigenvalue weighted by molar-refractivity contribution is 0.102. The molecule has 1 saturated heterocycles. The van der Waals surface area contributed by atoms with Crippen molar-refractivity contribution in [1.29, 1.82) is 0 Å². The Kier molecular flexibility index (Phi) is 6.35. The summed E-state index contributed by atoms with van der Waals surface area (Å²) in [4.78, 5) is 17.3. The maximum absolute atomic E-state index is 12.7. The summed E-state index contributed by atoms with van der Waals surface area (Å²) in [6, 6.07) is 13.6. The van der Waals surface area contributed by atoms with Gasteiger partial charge in [0.15, 0.2) is 5.13 Å². The minimum absolute atomic E-state index is 0.210. The summed E-state index contributed by atoms with van der Waals surface area (Å²) in [5.41, 5.74) is 2.05. The molecule has 0 spiro atoms. The number of thiazole rings is 1. The van der Waals surface area contributed by atoms with Crippen LogP contribution >= 0.6 is 11.3 Å². The van der Waals surface area contributed by atoms with Crippen molar-refractivity contribution in [2.75, 3.05) is 25.5 Å². The van der Waals surface area contributed by atoms with E-state index in [-0.39, 0.29) is 10.8 Å². The van der Waals surface area contributed by atoms with E-state index in [1.165, 1.54) is 39.9 Å². The average Bonchev–Trinajstić information content (AvgIpc) is 3.28. The zero-order chi connectivity index (χ0) is 21.8. The monoisotopic (exact) mass is 457 g/mol. The third-order valence-electron chi connectivity index (χ3n) is 5.18. The van der Waals surface area contributed by atoms with Gasteiger partial charge in [-0.3, -0.25) is 10.1 Å². The van der Waals surface area contributed by atoms with E-state index in [1.807, 2.05) is 29.6 Å². The maximum Gasteiger partial charge on any atom is 0.257 e. The minimum atomic E-state index is -3.51. The number of amides is 1. The summed E-state index contributed by atoms with van der Waals surface area (Å²) in [5, 5.41) is 5.12. The van der Waals surface area contributed by atoms with E-state index in [2.05, 4.69) is 10.3 Å². The number of benzene rings is 2. The van der Waals surface area contributed by atoms with Gasteiger partial charge in [-0.25, -0.2) is 13.4 Å². The van der Waals surface area contributed by atoms with Crippen LogP contribution in [0.2, 0.25) is 0 Å².